The van der Waals surface area contributed by atoms with E-state index < -0.39 is 0 Å². The topological polar surface area (TPSA) is 88.3 Å². The highest BCUT2D eigenvalue weighted by molar-refractivity contribution is 6.33. The van der Waals surface area contributed by atoms with E-state index in [2.05, 4.69) is 21.3 Å². The molecule has 1 fully saturated rings. The third-order valence-electron chi connectivity index (χ3n) is 4.78. The molecule has 3 N–H and O–H groups in total. The van der Waals surface area contributed by atoms with E-state index in [0.29, 0.717) is 18.7 Å². The highest BCUT2D eigenvalue weighted by Gasteiger charge is 2.23. The van der Waals surface area contributed by atoms with Gasteiger partial charge in [-0.05, 0) is 42.6 Å². The molecule has 1 aliphatic heterocycles. The second kappa shape index (κ2) is 9.37. The van der Waals surface area contributed by atoms with Gasteiger partial charge in [0.1, 0.15) is 10.3 Å². The molecular weight excluding hydrogens is 399 g/mol. The lowest BCUT2D eigenvalue weighted by atomic mass is 9.97. The molecule has 3 rings (SSSR count). The molecule has 2 amide bonds. The lowest BCUT2D eigenvalue weighted by Crippen LogP contribution is -2.40. The monoisotopic (exact) mass is 420 g/mol. The Morgan fingerprint density at radius 3 is 2.61 bits per heavy atom. The van der Waals surface area contributed by atoms with Gasteiger partial charge in [0.25, 0.3) is 5.91 Å². The maximum atomic E-state index is 12.3. The second-order valence-electron chi connectivity index (χ2n) is 6.98. The molecule has 8 heteroatoms. The maximum absolute atomic E-state index is 12.3. The van der Waals surface area contributed by atoms with Crippen LogP contribution in [0.5, 0.6) is 0 Å². The number of aromatic nitrogens is 1. The number of likely N-dealkylation sites (tertiary alicyclic amines) is 1. The molecule has 1 aromatic carbocycles. The van der Waals surface area contributed by atoms with Crippen LogP contribution in [0.25, 0.3) is 0 Å². The SMILES string of the molecule is NC(=O)C1CCCN(Cc2cccc(CNC(=O)c3cc(Cl)nc(Cl)c3)c2)C1. The van der Waals surface area contributed by atoms with E-state index in [-0.39, 0.29) is 28.0 Å². The van der Waals surface area contributed by atoms with Gasteiger partial charge in [0.05, 0.1) is 5.92 Å². The van der Waals surface area contributed by atoms with Crippen LogP contribution in [-0.4, -0.2) is 34.8 Å². The Balaban J connectivity index is 1.59. The van der Waals surface area contributed by atoms with Gasteiger partial charge in [-0.25, -0.2) is 4.98 Å². The Morgan fingerprint density at radius 2 is 1.89 bits per heavy atom. The molecule has 0 saturated carbocycles. The van der Waals surface area contributed by atoms with Crippen molar-refractivity contribution >= 4 is 35.0 Å². The Morgan fingerprint density at radius 1 is 1.18 bits per heavy atom. The van der Waals surface area contributed by atoms with E-state index in [1.54, 1.807) is 0 Å². The highest BCUT2D eigenvalue weighted by Crippen LogP contribution is 2.19. The van der Waals surface area contributed by atoms with Gasteiger partial charge in [-0.1, -0.05) is 47.5 Å². The fraction of sp³-hybridized carbons (Fsp3) is 0.350. The van der Waals surface area contributed by atoms with Crippen LogP contribution in [0.2, 0.25) is 10.3 Å². The Kier molecular flexibility index (Phi) is 6.88. The van der Waals surface area contributed by atoms with E-state index in [1.807, 2.05) is 18.2 Å². The standard InChI is InChI=1S/C20H22Cl2N4O2/c21-17-8-16(9-18(22)25-17)20(28)24-10-13-3-1-4-14(7-13)11-26-6-2-5-15(12-26)19(23)27/h1,3-4,7-9,15H,2,5-6,10-12H2,(H2,23,27)(H,24,28). The van der Waals surface area contributed by atoms with Gasteiger partial charge in [-0.15, -0.1) is 0 Å². The third kappa shape index (κ3) is 5.67. The van der Waals surface area contributed by atoms with Crippen LogP contribution in [0.1, 0.15) is 34.3 Å². The average molecular weight is 421 g/mol. The summed E-state index contributed by atoms with van der Waals surface area (Å²) < 4.78 is 0. The van der Waals surface area contributed by atoms with E-state index in [4.69, 9.17) is 28.9 Å². The molecule has 0 aliphatic carbocycles. The summed E-state index contributed by atoms with van der Waals surface area (Å²) in [5.41, 5.74) is 7.94. The number of pyridine rings is 1. The zero-order valence-electron chi connectivity index (χ0n) is 15.3. The molecule has 28 heavy (non-hydrogen) atoms. The number of amides is 2. The fourth-order valence-electron chi connectivity index (χ4n) is 3.41. The molecule has 2 heterocycles. The maximum Gasteiger partial charge on any atom is 0.251 e. The second-order valence-corrected chi connectivity index (χ2v) is 7.76. The molecule has 0 bridgehead atoms. The van der Waals surface area contributed by atoms with Gasteiger partial charge in [-0.3, -0.25) is 14.5 Å². The number of benzene rings is 1. The third-order valence-corrected chi connectivity index (χ3v) is 5.17. The first-order valence-corrected chi connectivity index (χ1v) is 9.87. The Labute approximate surface area is 174 Å². The van der Waals surface area contributed by atoms with Gasteiger partial charge < -0.3 is 11.1 Å². The fourth-order valence-corrected chi connectivity index (χ4v) is 3.87. The lowest BCUT2D eigenvalue weighted by Gasteiger charge is -2.31. The molecule has 2 aromatic rings. The number of piperidine rings is 1. The van der Waals surface area contributed by atoms with Gasteiger partial charge in [0.2, 0.25) is 5.91 Å². The van der Waals surface area contributed by atoms with Gasteiger partial charge in [-0.2, -0.15) is 0 Å². The van der Waals surface area contributed by atoms with Crippen LogP contribution in [0, 0.1) is 5.92 Å². The summed E-state index contributed by atoms with van der Waals surface area (Å²) in [5.74, 6) is -0.565. The van der Waals surface area contributed by atoms with Crippen molar-refractivity contribution in [3.8, 4) is 0 Å². The van der Waals surface area contributed by atoms with Crippen molar-refractivity contribution in [2.75, 3.05) is 13.1 Å². The number of halogens is 2. The molecule has 1 unspecified atom stereocenters. The predicted molar refractivity (Wildman–Crippen MR) is 109 cm³/mol. The van der Waals surface area contributed by atoms with E-state index in [9.17, 15) is 9.59 Å². The summed E-state index contributed by atoms with van der Waals surface area (Å²) >= 11 is 11.7. The number of nitrogens with zero attached hydrogens (tertiary/aromatic N) is 2. The minimum absolute atomic E-state index is 0.0739. The first-order chi connectivity index (χ1) is 13.4. The van der Waals surface area contributed by atoms with Crippen molar-refractivity contribution in [1.29, 1.82) is 0 Å². The van der Waals surface area contributed by atoms with E-state index >= 15 is 0 Å². The smallest absolute Gasteiger partial charge is 0.251 e. The number of carbonyl (C=O) groups excluding carboxylic acids is 2. The van der Waals surface area contributed by atoms with E-state index in [0.717, 1.165) is 37.1 Å². The van der Waals surface area contributed by atoms with Crippen molar-refractivity contribution in [1.82, 2.24) is 15.2 Å². The van der Waals surface area contributed by atoms with Crippen LogP contribution in [0.15, 0.2) is 36.4 Å². The Bertz CT molecular complexity index is 855. The number of nitrogens with one attached hydrogen (secondary N) is 1. The number of primary amides is 1. The van der Waals surface area contributed by atoms with E-state index in [1.165, 1.54) is 12.1 Å². The number of hydrogen-bond donors (Lipinski definition) is 2. The zero-order valence-corrected chi connectivity index (χ0v) is 16.8. The normalized spacial score (nSPS) is 17.3. The lowest BCUT2D eigenvalue weighted by molar-refractivity contribution is -0.123. The largest absolute Gasteiger partial charge is 0.369 e. The van der Waals surface area contributed by atoms with Gasteiger partial charge in [0.15, 0.2) is 0 Å². The van der Waals surface area contributed by atoms with Gasteiger partial charge >= 0.3 is 0 Å². The van der Waals surface area contributed by atoms with Crippen LogP contribution in [0.4, 0.5) is 0 Å². The molecule has 0 radical (unpaired) electrons. The van der Waals surface area contributed by atoms with Crippen LogP contribution >= 0.6 is 23.2 Å². The summed E-state index contributed by atoms with van der Waals surface area (Å²) in [4.78, 5) is 29.8. The quantitative estimate of drug-likeness (QED) is 0.702. The zero-order chi connectivity index (χ0) is 20.1. The van der Waals surface area contributed by atoms with Crippen LogP contribution in [0.3, 0.4) is 0 Å². The number of rotatable bonds is 6. The molecule has 1 aliphatic rings. The van der Waals surface area contributed by atoms with Crippen molar-refractivity contribution in [2.24, 2.45) is 11.7 Å². The summed E-state index contributed by atoms with van der Waals surface area (Å²) in [5, 5.41) is 3.22. The van der Waals surface area contributed by atoms with Gasteiger partial charge in [0, 0.05) is 25.2 Å². The molecule has 6 nitrogen and oxygen atoms in total. The molecule has 1 aromatic heterocycles. The minimum Gasteiger partial charge on any atom is -0.369 e. The first kappa shape index (κ1) is 20.6. The molecule has 0 spiro atoms. The summed E-state index contributed by atoms with van der Waals surface area (Å²) in [7, 11) is 0. The average Bonchev–Trinajstić information content (AvgIpc) is 2.66. The summed E-state index contributed by atoms with van der Waals surface area (Å²) in [6.07, 6.45) is 1.83. The molecule has 1 saturated heterocycles. The van der Waals surface area contributed by atoms with Crippen molar-refractivity contribution in [3.05, 3.63) is 63.4 Å². The first-order valence-electron chi connectivity index (χ1n) is 9.11. The molecule has 148 valence electrons. The van der Waals surface area contributed by atoms with Crippen LogP contribution in [-0.2, 0) is 17.9 Å². The summed E-state index contributed by atoms with van der Waals surface area (Å²) in [6, 6.07) is 11.0. The molecule has 1 atom stereocenters. The minimum atomic E-state index is -0.267. The number of hydrogen-bond acceptors (Lipinski definition) is 4. The highest BCUT2D eigenvalue weighted by atomic mass is 35.5. The van der Waals surface area contributed by atoms with Crippen molar-refractivity contribution < 1.29 is 9.59 Å². The summed E-state index contributed by atoms with van der Waals surface area (Å²) in [6.45, 7) is 2.78. The van der Waals surface area contributed by atoms with Crippen LogP contribution < -0.4 is 11.1 Å². The van der Waals surface area contributed by atoms with Crippen molar-refractivity contribution in [2.45, 2.75) is 25.9 Å². The molecular formula is C20H22Cl2N4O2. The number of carbonyl (C=O) groups is 2. The number of nitrogens with two attached hydrogens (primary N) is 1. The van der Waals surface area contributed by atoms with Crippen molar-refractivity contribution in [3.63, 3.8) is 0 Å². The predicted octanol–water partition coefficient (Wildman–Crippen LogP) is 3.02. The Hall–Kier alpha value is -2.15.